The topological polar surface area (TPSA) is 34.1 Å². The van der Waals surface area contributed by atoms with Crippen molar-refractivity contribution in [3.63, 3.8) is 0 Å². The molecule has 4 heteroatoms. The van der Waals surface area contributed by atoms with Gasteiger partial charge in [0.15, 0.2) is 0 Å². The van der Waals surface area contributed by atoms with Crippen molar-refractivity contribution >= 4 is 21.6 Å². The second-order valence-electron chi connectivity index (χ2n) is 5.09. The number of piperidine rings is 1. The standard InChI is InChI=1S/C15H20N2OS/c1-2-9-14-13(8-1)17-15(19-14)18-11-5-7-12-6-3-4-10-16-12/h1-2,8-9,12,16H,3-7,10-11H2/t12-/m1/s1. The Bertz CT molecular complexity index is 487. The second kappa shape index (κ2) is 6.35. The van der Waals surface area contributed by atoms with Crippen LogP contribution in [0.2, 0.25) is 0 Å². The van der Waals surface area contributed by atoms with Crippen LogP contribution >= 0.6 is 11.3 Å². The first-order valence-corrected chi connectivity index (χ1v) is 7.95. The number of nitrogens with one attached hydrogen (secondary N) is 1. The van der Waals surface area contributed by atoms with E-state index in [1.807, 2.05) is 18.2 Å². The minimum Gasteiger partial charge on any atom is -0.470 e. The summed E-state index contributed by atoms with van der Waals surface area (Å²) >= 11 is 1.63. The van der Waals surface area contributed by atoms with Gasteiger partial charge in [0.1, 0.15) is 0 Å². The van der Waals surface area contributed by atoms with E-state index in [0.717, 1.165) is 23.7 Å². The number of thiazole rings is 1. The summed E-state index contributed by atoms with van der Waals surface area (Å²) in [5, 5.41) is 4.37. The summed E-state index contributed by atoms with van der Waals surface area (Å²) in [6.45, 7) is 1.96. The molecule has 0 spiro atoms. The van der Waals surface area contributed by atoms with Crippen LogP contribution in [-0.2, 0) is 0 Å². The molecule has 1 aliphatic rings. The molecule has 3 nitrogen and oxygen atoms in total. The van der Waals surface area contributed by atoms with Gasteiger partial charge in [-0.05, 0) is 44.4 Å². The lowest BCUT2D eigenvalue weighted by molar-refractivity contribution is 0.284. The molecule has 1 atom stereocenters. The van der Waals surface area contributed by atoms with Gasteiger partial charge in [0, 0.05) is 6.04 Å². The minimum absolute atomic E-state index is 0.702. The van der Waals surface area contributed by atoms with Crippen molar-refractivity contribution < 1.29 is 4.74 Å². The molecule has 102 valence electrons. The monoisotopic (exact) mass is 276 g/mol. The molecular weight excluding hydrogens is 256 g/mol. The highest BCUT2D eigenvalue weighted by Crippen LogP contribution is 2.27. The molecule has 0 bridgehead atoms. The van der Waals surface area contributed by atoms with E-state index in [-0.39, 0.29) is 0 Å². The van der Waals surface area contributed by atoms with Crippen LogP contribution in [0.3, 0.4) is 0 Å². The number of ether oxygens (including phenoxy) is 1. The second-order valence-corrected chi connectivity index (χ2v) is 6.08. The van der Waals surface area contributed by atoms with Gasteiger partial charge >= 0.3 is 0 Å². The van der Waals surface area contributed by atoms with Crippen molar-refractivity contribution in [2.75, 3.05) is 13.2 Å². The van der Waals surface area contributed by atoms with E-state index >= 15 is 0 Å². The zero-order chi connectivity index (χ0) is 12.9. The molecule has 0 amide bonds. The molecule has 1 aromatic carbocycles. The lowest BCUT2D eigenvalue weighted by Crippen LogP contribution is -2.34. The van der Waals surface area contributed by atoms with Crippen molar-refractivity contribution in [1.29, 1.82) is 0 Å². The van der Waals surface area contributed by atoms with Crippen molar-refractivity contribution in [2.45, 2.75) is 38.1 Å². The zero-order valence-corrected chi connectivity index (χ0v) is 11.9. The smallest absolute Gasteiger partial charge is 0.274 e. The SMILES string of the molecule is c1ccc2sc(OCCC[C@H]3CCCCN3)nc2c1. The summed E-state index contributed by atoms with van der Waals surface area (Å²) in [4.78, 5) is 4.48. The number of rotatable bonds is 5. The largest absolute Gasteiger partial charge is 0.470 e. The van der Waals surface area contributed by atoms with Crippen molar-refractivity contribution in [2.24, 2.45) is 0 Å². The van der Waals surface area contributed by atoms with E-state index < -0.39 is 0 Å². The maximum atomic E-state index is 5.76. The zero-order valence-electron chi connectivity index (χ0n) is 11.1. The fraction of sp³-hybridized carbons (Fsp3) is 0.533. The van der Waals surface area contributed by atoms with E-state index in [4.69, 9.17) is 4.74 Å². The number of fused-ring (bicyclic) bond motifs is 1. The predicted molar refractivity (Wildman–Crippen MR) is 80.0 cm³/mol. The Morgan fingerprint density at radius 1 is 1.32 bits per heavy atom. The highest BCUT2D eigenvalue weighted by atomic mass is 32.1. The normalized spacial score (nSPS) is 19.7. The van der Waals surface area contributed by atoms with Gasteiger partial charge in [-0.1, -0.05) is 29.9 Å². The average Bonchev–Trinajstić information content (AvgIpc) is 2.87. The molecule has 0 aliphatic carbocycles. The van der Waals surface area contributed by atoms with Crippen LogP contribution in [0.1, 0.15) is 32.1 Å². The third-order valence-corrected chi connectivity index (χ3v) is 4.56. The summed E-state index contributed by atoms with van der Waals surface area (Å²) in [7, 11) is 0. The van der Waals surface area contributed by atoms with Crippen molar-refractivity contribution in [1.82, 2.24) is 10.3 Å². The van der Waals surface area contributed by atoms with Crippen LogP contribution in [0.15, 0.2) is 24.3 Å². The van der Waals surface area contributed by atoms with Crippen LogP contribution < -0.4 is 10.1 Å². The van der Waals surface area contributed by atoms with E-state index in [9.17, 15) is 0 Å². The number of hydrogen-bond donors (Lipinski definition) is 1. The van der Waals surface area contributed by atoms with Crippen molar-refractivity contribution in [3.8, 4) is 5.19 Å². The Kier molecular flexibility index (Phi) is 4.30. The van der Waals surface area contributed by atoms with Crippen molar-refractivity contribution in [3.05, 3.63) is 24.3 Å². The number of aromatic nitrogens is 1. The molecule has 1 aromatic heterocycles. The molecule has 0 saturated carbocycles. The maximum absolute atomic E-state index is 5.76. The molecule has 2 aromatic rings. The van der Waals surface area contributed by atoms with Crippen LogP contribution in [0.5, 0.6) is 5.19 Å². The molecule has 1 fully saturated rings. The third-order valence-electron chi connectivity index (χ3n) is 3.61. The Morgan fingerprint density at radius 2 is 2.26 bits per heavy atom. The molecule has 1 N–H and O–H groups in total. The fourth-order valence-electron chi connectivity index (χ4n) is 2.57. The predicted octanol–water partition coefficient (Wildman–Crippen LogP) is 3.60. The molecular formula is C15H20N2OS. The van der Waals surface area contributed by atoms with Gasteiger partial charge in [-0.15, -0.1) is 0 Å². The summed E-state index contributed by atoms with van der Waals surface area (Å²) in [6.07, 6.45) is 6.34. The van der Waals surface area contributed by atoms with Gasteiger partial charge in [-0.2, -0.15) is 0 Å². The summed E-state index contributed by atoms with van der Waals surface area (Å²) in [6, 6.07) is 8.88. The number of hydrogen-bond acceptors (Lipinski definition) is 4. The van der Waals surface area contributed by atoms with E-state index in [1.54, 1.807) is 11.3 Å². The van der Waals surface area contributed by atoms with Crippen LogP contribution in [0.4, 0.5) is 0 Å². The fourth-order valence-corrected chi connectivity index (χ4v) is 3.41. The molecule has 0 radical (unpaired) electrons. The number of nitrogens with zero attached hydrogens (tertiary/aromatic N) is 1. The van der Waals surface area contributed by atoms with Gasteiger partial charge in [0.2, 0.25) is 0 Å². The van der Waals surface area contributed by atoms with Gasteiger partial charge in [0.05, 0.1) is 16.8 Å². The van der Waals surface area contributed by atoms with Gasteiger partial charge in [0.25, 0.3) is 5.19 Å². The highest BCUT2D eigenvalue weighted by molar-refractivity contribution is 7.20. The molecule has 19 heavy (non-hydrogen) atoms. The van der Waals surface area contributed by atoms with Crippen LogP contribution in [-0.4, -0.2) is 24.2 Å². The highest BCUT2D eigenvalue weighted by Gasteiger charge is 2.12. The molecule has 0 unspecified atom stereocenters. The van der Waals surface area contributed by atoms with Gasteiger partial charge in [-0.3, -0.25) is 0 Å². The Morgan fingerprint density at radius 3 is 3.11 bits per heavy atom. The number of benzene rings is 1. The summed E-state index contributed by atoms with van der Waals surface area (Å²) in [5.41, 5.74) is 1.04. The lowest BCUT2D eigenvalue weighted by Gasteiger charge is -2.23. The van der Waals surface area contributed by atoms with Gasteiger partial charge in [-0.25, -0.2) is 4.98 Å². The molecule has 1 saturated heterocycles. The Labute approximate surface area is 118 Å². The lowest BCUT2D eigenvalue weighted by atomic mass is 10.0. The van der Waals surface area contributed by atoms with E-state index in [1.165, 1.54) is 36.9 Å². The maximum Gasteiger partial charge on any atom is 0.274 e. The molecule has 3 rings (SSSR count). The quantitative estimate of drug-likeness (QED) is 0.847. The van der Waals surface area contributed by atoms with E-state index in [2.05, 4.69) is 16.4 Å². The average molecular weight is 276 g/mol. The first-order chi connectivity index (χ1) is 9.42. The van der Waals surface area contributed by atoms with Crippen LogP contribution in [0, 0.1) is 0 Å². The minimum atomic E-state index is 0.702. The molecule has 2 heterocycles. The third kappa shape index (κ3) is 3.45. The summed E-state index contributed by atoms with van der Waals surface area (Å²) in [5.74, 6) is 0. The Balaban J connectivity index is 1.44. The first-order valence-electron chi connectivity index (χ1n) is 7.13. The Hall–Kier alpha value is -1.13. The van der Waals surface area contributed by atoms with Crippen LogP contribution in [0.25, 0.3) is 10.2 Å². The number of para-hydroxylation sites is 1. The van der Waals surface area contributed by atoms with E-state index in [0.29, 0.717) is 6.04 Å². The molecule has 1 aliphatic heterocycles. The first kappa shape index (κ1) is 12.9. The van der Waals surface area contributed by atoms with Gasteiger partial charge < -0.3 is 10.1 Å². The summed E-state index contributed by atoms with van der Waals surface area (Å²) < 4.78 is 6.96.